The third-order valence-electron chi connectivity index (χ3n) is 3.83. The number of rotatable bonds is 6. The fourth-order valence-corrected chi connectivity index (χ4v) is 3.81. The van der Waals surface area contributed by atoms with Gasteiger partial charge in [0.05, 0.1) is 5.60 Å². The Morgan fingerprint density at radius 2 is 2.15 bits per heavy atom. The van der Waals surface area contributed by atoms with E-state index < -0.39 is 0 Å². The van der Waals surface area contributed by atoms with Gasteiger partial charge in [-0.05, 0) is 36.3 Å². The topological polar surface area (TPSA) is 38.3 Å². The van der Waals surface area contributed by atoms with E-state index in [9.17, 15) is 4.79 Å². The van der Waals surface area contributed by atoms with Crippen LogP contribution < -0.4 is 5.32 Å². The molecule has 0 radical (unpaired) electrons. The molecule has 0 bridgehead atoms. The number of amides is 1. The third-order valence-corrected chi connectivity index (χ3v) is 5.05. The molecule has 0 aromatic heterocycles. The minimum absolute atomic E-state index is 0.0126. The monoisotopic (exact) mass is 293 g/mol. The summed E-state index contributed by atoms with van der Waals surface area (Å²) in [5, 5.41) is 3.01. The number of aryl methyl sites for hydroxylation is 1. The van der Waals surface area contributed by atoms with Gasteiger partial charge in [-0.2, -0.15) is 11.8 Å². The molecule has 1 amide bonds. The molecule has 1 saturated heterocycles. The lowest BCUT2D eigenvalue weighted by atomic mass is 10.0. The van der Waals surface area contributed by atoms with Crippen molar-refractivity contribution in [2.24, 2.45) is 0 Å². The second-order valence-corrected chi connectivity index (χ2v) is 6.42. The number of methoxy groups -OCH3 is 1. The van der Waals surface area contributed by atoms with E-state index in [1.165, 1.54) is 5.56 Å². The molecule has 110 valence electrons. The van der Waals surface area contributed by atoms with E-state index in [0.29, 0.717) is 6.54 Å². The number of carbonyl (C=O) groups is 1. The lowest BCUT2D eigenvalue weighted by Crippen LogP contribution is -2.44. The van der Waals surface area contributed by atoms with Crippen LogP contribution in [0.4, 0.5) is 0 Å². The van der Waals surface area contributed by atoms with Gasteiger partial charge in [-0.15, -0.1) is 0 Å². The van der Waals surface area contributed by atoms with Crippen LogP contribution in [0.5, 0.6) is 0 Å². The van der Waals surface area contributed by atoms with Gasteiger partial charge in [0.25, 0.3) is 5.91 Å². The first kappa shape index (κ1) is 15.4. The van der Waals surface area contributed by atoms with Gasteiger partial charge in [0.2, 0.25) is 0 Å². The molecule has 0 spiro atoms. The average Bonchev–Trinajstić information content (AvgIpc) is 2.95. The molecule has 1 atom stereocenters. The number of hydrogen-bond donors (Lipinski definition) is 1. The van der Waals surface area contributed by atoms with Crippen LogP contribution in [-0.4, -0.2) is 36.7 Å². The number of benzene rings is 1. The third kappa shape index (κ3) is 3.76. The van der Waals surface area contributed by atoms with Crippen molar-refractivity contribution in [2.45, 2.75) is 31.8 Å². The highest BCUT2D eigenvalue weighted by Crippen LogP contribution is 2.30. The van der Waals surface area contributed by atoms with Gasteiger partial charge in [-0.1, -0.05) is 25.5 Å². The normalized spacial score (nSPS) is 21.9. The fourth-order valence-electron chi connectivity index (χ4n) is 2.42. The van der Waals surface area contributed by atoms with Gasteiger partial charge in [0.1, 0.15) is 0 Å². The van der Waals surface area contributed by atoms with Crippen LogP contribution >= 0.6 is 11.8 Å². The second-order valence-electron chi connectivity index (χ2n) is 5.32. The summed E-state index contributed by atoms with van der Waals surface area (Å²) in [4.78, 5) is 12.2. The molecular weight excluding hydrogens is 270 g/mol. The Hall–Kier alpha value is -1.00. The number of hydrogen-bond acceptors (Lipinski definition) is 3. The van der Waals surface area contributed by atoms with Crippen LogP contribution in [0.3, 0.4) is 0 Å². The van der Waals surface area contributed by atoms with Gasteiger partial charge in [0, 0.05) is 25.0 Å². The highest BCUT2D eigenvalue weighted by molar-refractivity contribution is 7.99. The van der Waals surface area contributed by atoms with Gasteiger partial charge < -0.3 is 10.1 Å². The molecule has 1 unspecified atom stereocenters. The van der Waals surface area contributed by atoms with Crippen LogP contribution in [0, 0.1) is 0 Å². The average molecular weight is 293 g/mol. The molecule has 1 aromatic carbocycles. The van der Waals surface area contributed by atoms with Crippen LogP contribution in [-0.2, 0) is 11.2 Å². The maximum Gasteiger partial charge on any atom is 0.251 e. The largest absolute Gasteiger partial charge is 0.376 e. The molecule has 1 aliphatic heterocycles. The standard InChI is InChI=1S/C16H23NO2S/c1-3-4-13-5-7-14(8-6-13)15(18)17-11-16(19-2)9-10-20-12-16/h5-8H,3-4,9-12H2,1-2H3,(H,17,18). The molecule has 1 aromatic rings. The number of nitrogens with one attached hydrogen (secondary N) is 1. The van der Waals surface area contributed by atoms with Gasteiger partial charge in [0.15, 0.2) is 0 Å². The van der Waals surface area contributed by atoms with Crippen LogP contribution in [0.2, 0.25) is 0 Å². The predicted octanol–water partition coefficient (Wildman–Crippen LogP) is 2.89. The maximum absolute atomic E-state index is 12.2. The second kappa shape index (κ2) is 7.14. The lowest BCUT2D eigenvalue weighted by molar-refractivity contribution is 0.0137. The first-order chi connectivity index (χ1) is 9.69. The number of carbonyl (C=O) groups excluding carboxylic acids is 1. The molecule has 4 heteroatoms. The predicted molar refractivity (Wildman–Crippen MR) is 84.5 cm³/mol. The summed E-state index contributed by atoms with van der Waals surface area (Å²) in [6.45, 7) is 2.75. The fraction of sp³-hybridized carbons (Fsp3) is 0.562. The van der Waals surface area contributed by atoms with Gasteiger partial charge in [-0.25, -0.2) is 0 Å². The van der Waals surface area contributed by atoms with Crippen LogP contribution in [0.25, 0.3) is 0 Å². The number of ether oxygens (including phenoxy) is 1. The molecule has 3 nitrogen and oxygen atoms in total. The van der Waals surface area contributed by atoms with Crippen molar-refractivity contribution in [1.29, 1.82) is 0 Å². The highest BCUT2D eigenvalue weighted by Gasteiger charge is 2.34. The molecule has 2 rings (SSSR count). The summed E-state index contributed by atoms with van der Waals surface area (Å²) in [5.74, 6) is 2.05. The van der Waals surface area contributed by atoms with Crippen molar-refractivity contribution in [3.05, 3.63) is 35.4 Å². The first-order valence-electron chi connectivity index (χ1n) is 7.19. The first-order valence-corrected chi connectivity index (χ1v) is 8.34. The minimum Gasteiger partial charge on any atom is -0.376 e. The maximum atomic E-state index is 12.2. The van der Waals surface area contributed by atoms with E-state index in [-0.39, 0.29) is 11.5 Å². The van der Waals surface area contributed by atoms with Crippen LogP contribution in [0.1, 0.15) is 35.7 Å². The van der Waals surface area contributed by atoms with Crippen molar-refractivity contribution in [2.75, 3.05) is 25.2 Å². The Morgan fingerprint density at radius 1 is 1.40 bits per heavy atom. The number of thioether (sulfide) groups is 1. The summed E-state index contributed by atoms with van der Waals surface area (Å²) in [7, 11) is 1.73. The van der Waals surface area contributed by atoms with E-state index in [1.807, 2.05) is 36.0 Å². The summed E-state index contributed by atoms with van der Waals surface area (Å²) in [6.07, 6.45) is 3.19. The van der Waals surface area contributed by atoms with Gasteiger partial charge >= 0.3 is 0 Å². The van der Waals surface area contributed by atoms with Crippen molar-refractivity contribution >= 4 is 17.7 Å². The lowest BCUT2D eigenvalue weighted by Gasteiger charge is -2.26. The van der Waals surface area contributed by atoms with Crippen LogP contribution in [0.15, 0.2) is 24.3 Å². The molecule has 0 aliphatic carbocycles. The molecule has 20 heavy (non-hydrogen) atoms. The zero-order valence-electron chi connectivity index (χ0n) is 12.3. The van der Waals surface area contributed by atoms with Crippen molar-refractivity contribution in [3.8, 4) is 0 Å². The molecule has 0 saturated carbocycles. The van der Waals surface area contributed by atoms with Crippen molar-refractivity contribution in [1.82, 2.24) is 5.32 Å². The minimum atomic E-state index is -0.178. The summed E-state index contributed by atoms with van der Waals surface area (Å²) >= 11 is 1.88. The van der Waals surface area contributed by atoms with E-state index in [2.05, 4.69) is 12.2 Å². The van der Waals surface area contributed by atoms with Crippen molar-refractivity contribution < 1.29 is 9.53 Å². The van der Waals surface area contributed by atoms with Gasteiger partial charge in [-0.3, -0.25) is 4.79 Å². The highest BCUT2D eigenvalue weighted by atomic mass is 32.2. The molecule has 1 N–H and O–H groups in total. The van der Waals surface area contributed by atoms with E-state index in [4.69, 9.17) is 4.74 Å². The Kier molecular flexibility index (Phi) is 5.49. The molecular formula is C16H23NO2S. The smallest absolute Gasteiger partial charge is 0.251 e. The van der Waals surface area contributed by atoms with E-state index >= 15 is 0 Å². The van der Waals surface area contributed by atoms with E-state index in [0.717, 1.165) is 36.3 Å². The zero-order valence-corrected chi connectivity index (χ0v) is 13.1. The summed E-state index contributed by atoms with van der Waals surface area (Å²) in [5.41, 5.74) is 1.83. The Labute approximate surface area is 125 Å². The molecule has 1 heterocycles. The summed E-state index contributed by atoms with van der Waals surface area (Å²) < 4.78 is 5.60. The SMILES string of the molecule is CCCc1ccc(C(=O)NCC2(OC)CCSC2)cc1. The Bertz CT molecular complexity index is 438. The Morgan fingerprint density at radius 3 is 2.70 bits per heavy atom. The zero-order chi connectivity index (χ0) is 14.4. The molecule has 1 aliphatic rings. The molecule has 1 fully saturated rings. The van der Waals surface area contributed by atoms with E-state index in [1.54, 1.807) is 7.11 Å². The summed E-state index contributed by atoms with van der Waals surface area (Å²) in [6, 6.07) is 7.89. The van der Waals surface area contributed by atoms with Crippen molar-refractivity contribution in [3.63, 3.8) is 0 Å². The Balaban J connectivity index is 1.91. The quantitative estimate of drug-likeness (QED) is 0.876.